The predicted molar refractivity (Wildman–Crippen MR) is 102 cm³/mol. The summed E-state index contributed by atoms with van der Waals surface area (Å²) < 4.78 is 31.9. The first kappa shape index (κ1) is 19.2. The summed E-state index contributed by atoms with van der Waals surface area (Å²) in [4.78, 5) is 20.5. The zero-order chi connectivity index (χ0) is 20.1. The number of hydrogen-bond donors (Lipinski definition) is 2. The number of amides is 1. The molecule has 3 aromatic rings. The number of anilines is 3. The second kappa shape index (κ2) is 8.43. The maximum Gasteiger partial charge on any atom is 0.274 e. The number of ether oxygens (including phenoxy) is 1. The van der Waals surface area contributed by atoms with Crippen LogP contribution >= 0.6 is 0 Å². The molecule has 2 N–H and O–H groups in total. The molecule has 144 valence electrons. The van der Waals surface area contributed by atoms with Gasteiger partial charge in [-0.05, 0) is 56.3 Å². The normalized spacial score (nSPS) is 10.6. The predicted octanol–water partition coefficient (Wildman–Crippen LogP) is 4.54. The van der Waals surface area contributed by atoms with Crippen LogP contribution in [0.25, 0.3) is 0 Å². The van der Waals surface area contributed by atoms with Gasteiger partial charge in [0.15, 0.2) is 11.6 Å². The minimum Gasteiger partial charge on any atom is -0.491 e. The fraction of sp³-hybridized carbons (Fsp3) is 0.150. The molecule has 0 spiro atoms. The summed E-state index contributed by atoms with van der Waals surface area (Å²) in [5.41, 5.74) is 0.953. The van der Waals surface area contributed by atoms with Crippen molar-refractivity contribution < 1.29 is 18.3 Å². The number of halogens is 2. The number of carbonyl (C=O) groups is 1. The van der Waals surface area contributed by atoms with E-state index >= 15 is 0 Å². The van der Waals surface area contributed by atoms with Crippen LogP contribution in [-0.2, 0) is 0 Å². The number of aromatic nitrogens is 2. The maximum absolute atomic E-state index is 13.3. The largest absolute Gasteiger partial charge is 0.491 e. The van der Waals surface area contributed by atoms with Crippen LogP contribution in [0.5, 0.6) is 5.75 Å². The van der Waals surface area contributed by atoms with Crippen LogP contribution in [0, 0.1) is 11.6 Å². The van der Waals surface area contributed by atoms with Crippen LogP contribution in [-0.4, -0.2) is 22.0 Å². The van der Waals surface area contributed by atoms with E-state index in [0.29, 0.717) is 11.4 Å². The van der Waals surface area contributed by atoms with Gasteiger partial charge in [0, 0.05) is 23.6 Å². The van der Waals surface area contributed by atoms with E-state index in [1.807, 2.05) is 13.8 Å². The Morgan fingerprint density at radius 2 is 1.71 bits per heavy atom. The van der Waals surface area contributed by atoms with E-state index < -0.39 is 17.5 Å². The highest BCUT2D eigenvalue weighted by Gasteiger charge is 2.11. The lowest BCUT2D eigenvalue weighted by Crippen LogP contribution is -2.15. The highest BCUT2D eigenvalue weighted by atomic mass is 19.2. The Morgan fingerprint density at radius 3 is 2.39 bits per heavy atom. The summed E-state index contributed by atoms with van der Waals surface area (Å²) in [7, 11) is 0. The van der Waals surface area contributed by atoms with Crippen molar-refractivity contribution in [3.8, 4) is 5.75 Å². The van der Waals surface area contributed by atoms with Gasteiger partial charge in [-0.2, -0.15) is 0 Å². The van der Waals surface area contributed by atoms with Crippen LogP contribution < -0.4 is 15.4 Å². The first-order valence-electron chi connectivity index (χ1n) is 8.54. The molecule has 0 aliphatic heterocycles. The Bertz CT molecular complexity index is 978. The molecule has 0 bridgehead atoms. The molecule has 0 fully saturated rings. The molecule has 1 aromatic heterocycles. The molecule has 6 nitrogen and oxygen atoms in total. The zero-order valence-electron chi connectivity index (χ0n) is 15.2. The summed E-state index contributed by atoms with van der Waals surface area (Å²) in [5.74, 6) is -1.60. The van der Waals surface area contributed by atoms with Gasteiger partial charge in [-0.1, -0.05) is 0 Å². The molecule has 8 heteroatoms. The summed E-state index contributed by atoms with van der Waals surface area (Å²) in [6.07, 6.45) is 1.45. The Hall–Kier alpha value is -3.55. The molecule has 28 heavy (non-hydrogen) atoms. The quantitative estimate of drug-likeness (QED) is 0.653. The lowest BCUT2D eigenvalue weighted by Gasteiger charge is -2.11. The standard InChI is InChI=1S/C20H18F2N4O2/c1-12(2)28-15-6-3-13(4-7-15)24-19(27)18-9-10-23-20(26-18)25-14-5-8-16(21)17(22)11-14/h3-12H,1-2H3,(H,24,27)(H,23,25,26). The van der Waals surface area contributed by atoms with E-state index in [0.717, 1.165) is 12.1 Å². The smallest absolute Gasteiger partial charge is 0.274 e. The number of rotatable bonds is 6. The molecule has 0 atom stereocenters. The minimum atomic E-state index is -0.996. The van der Waals surface area contributed by atoms with Crippen LogP contribution in [0.3, 0.4) is 0 Å². The Morgan fingerprint density at radius 1 is 1.00 bits per heavy atom. The van der Waals surface area contributed by atoms with E-state index in [1.165, 1.54) is 18.3 Å². The van der Waals surface area contributed by atoms with E-state index in [-0.39, 0.29) is 23.4 Å². The second-order valence-corrected chi connectivity index (χ2v) is 6.16. The van der Waals surface area contributed by atoms with Gasteiger partial charge in [0.05, 0.1) is 6.10 Å². The molecular weight excluding hydrogens is 366 g/mol. The topological polar surface area (TPSA) is 76.1 Å². The number of hydrogen-bond acceptors (Lipinski definition) is 5. The van der Waals surface area contributed by atoms with E-state index in [9.17, 15) is 13.6 Å². The molecule has 0 unspecified atom stereocenters. The number of nitrogens with one attached hydrogen (secondary N) is 2. The molecule has 3 rings (SSSR count). The van der Waals surface area contributed by atoms with Crippen LogP contribution in [0.15, 0.2) is 54.7 Å². The van der Waals surface area contributed by atoms with Gasteiger partial charge in [-0.3, -0.25) is 4.79 Å². The second-order valence-electron chi connectivity index (χ2n) is 6.16. The van der Waals surface area contributed by atoms with E-state index in [1.54, 1.807) is 24.3 Å². The third-order valence-electron chi connectivity index (χ3n) is 3.55. The minimum absolute atomic E-state index is 0.0574. The van der Waals surface area contributed by atoms with Crippen LogP contribution in [0.1, 0.15) is 24.3 Å². The molecule has 2 aromatic carbocycles. The van der Waals surface area contributed by atoms with Crippen molar-refractivity contribution in [1.29, 1.82) is 0 Å². The van der Waals surface area contributed by atoms with Gasteiger partial charge in [0.25, 0.3) is 5.91 Å². The van der Waals surface area contributed by atoms with Gasteiger partial charge in [0.2, 0.25) is 5.95 Å². The molecule has 1 heterocycles. The lowest BCUT2D eigenvalue weighted by atomic mass is 10.3. The van der Waals surface area contributed by atoms with Gasteiger partial charge < -0.3 is 15.4 Å². The van der Waals surface area contributed by atoms with Crippen molar-refractivity contribution in [2.75, 3.05) is 10.6 Å². The van der Waals surface area contributed by atoms with Gasteiger partial charge in [-0.15, -0.1) is 0 Å². The Labute approximate surface area is 160 Å². The van der Waals surface area contributed by atoms with E-state index in [4.69, 9.17) is 4.74 Å². The zero-order valence-corrected chi connectivity index (χ0v) is 15.2. The maximum atomic E-state index is 13.3. The van der Waals surface area contributed by atoms with Gasteiger partial charge in [0.1, 0.15) is 11.4 Å². The summed E-state index contributed by atoms with van der Waals surface area (Å²) in [6, 6.07) is 11.7. The van der Waals surface area contributed by atoms with Crippen LogP contribution in [0.4, 0.5) is 26.1 Å². The molecule has 0 aliphatic rings. The molecule has 1 amide bonds. The van der Waals surface area contributed by atoms with Crippen molar-refractivity contribution in [2.24, 2.45) is 0 Å². The third kappa shape index (κ3) is 5.00. The first-order chi connectivity index (χ1) is 13.4. The molecule has 0 saturated carbocycles. The average Bonchev–Trinajstić information content (AvgIpc) is 2.66. The highest BCUT2D eigenvalue weighted by Crippen LogP contribution is 2.19. The molecule has 0 saturated heterocycles. The van der Waals surface area contributed by atoms with Gasteiger partial charge >= 0.3 is 0 Å². The monoisotopic (exact) mass is 384 g/mol. The number of carbonyl (C=O) groups excluding carboxylic acids is 1. The number of benzene rings is 2. The SMILES string of the molecule is CC(C)Oc1ccc(NC(=O)c2ccnc(Nc3ccc(F)c(F)c3)n2)cc1. The molecule has 0 radical (unpaired) electrons. The summed E-state index contributed by atoms with van der Waals surface area (Å²) in [6.45, 7) is 3.85. The summed E-state index contributed by atoms with van der Waals surface area (Å²) >= 11 is 0. The van der Waals surface area contributed by atoms with Gasteiger partial charge in [-0.25, -0.2) is 18.7 Å². The van der Waals surface area contributed by atoms with Crippen molar-refractivity contribution >= 4 is 23.2 Å². The number of nitrogens with zero attached hydrogens (tertiary/aromatic N) is 2. The van der Waals surface area contributed by atoms with Crippen molar-refractivity contribution in [3.05, 3.63) is 72.1 Å². The van der Waals surface area contributed by atoms with Crippen molar-refractivity contribution in [3.63, 3.8) is 0 Å². The molecule has 0 aliphatic carbocycles. The third-order valence-corrected chi connectivity index (χ3v) is 3.55. The first-order valence-corrected chi connectivity index (χ1v) is 8.54. The van der Waals surface area contributed by atoms with E-state index in [2.05, 4.69) is 20.6 Å². The average molecular weight is 384 g/mol. The summed E-state index contributed by atoms with van der Waals surface area (Å²) in [5, 5.41) is 5.46. The van der Waals surface area contributed by atoms with Crippen molar-refractivity contribution in [1.82, 2.24) is 9.97 Å². The highest BCUT2D eigenvalue weighted by molar-refractivity contribution is 6.03. The van der Waals surface area contributed by atoms with Crippen molar-refractivity contribution in [2.45, 2.75) is 20.0 Å². The lowest BCUT2D eigenvalue weighted by molar-refractivity contribution is 0.102. The fourth-order valence-electron chi connectivity index (χ4n) is 2.33. The molecular formula is C20H18F2N4O2. The van der Waals surface area contributed by atoms with Crippen LogP contribution in [0.2, 0.25) is 0 Å². The Balaban J connectivity index is 1.68. The Kier molecular flexibility index (Phi) is 5.78. The fourth-order valence-corrected chi connectivity index (χ4v) is 2.33.